The first-order valence-electron chi connectivity index (χ1n) is 7.51. The SMILES string of the molecule is CCCCc1ccc(OP)c(C)c1.Cc1ccccc1OP. The van der Waals surface area contributed by atoms with Gasteiger partial charge in [-0.1, -0.05) is 43.7 Å². The van der Waals surface area contributed by atoms with Crippen molar-refractivity contribution < 1.29 is 9.05 Å². The van der Waals surface area contributed by atoms with E-state index in [2.05, 4.69) is 44.9 Å². The van der Waals surface area contributed by atoms with Crippen LogP contribution in [0.1, 0.15) is 36.5 Å². The van der Waals surface area contributed by atoms with E-state index < -0.39 is 0 Å². The molecule has 120 valence electrons. The predicted octanol–water partition coefficient (Wildman–Crippen LogP) is 5.67. The minimum absolute atomic E-state index is 0.919. The van der Waals surface area contributed by atoms with E-state index in [4.69, 9.17) is 9.05 Å². The van der Waals surface area contributed by atoms with Gasteiger partial charge in [0.2, 0.25) is 0 Å². The molecule has 0 aliphatic heterocycles. The van der Waals surface area contributed by atoms with Gasteiger partial charge in [0, 0.05) is 0 Å². The normalized spacial score (nSPS) is 9.68. The zero-order valence-electron chi connectivity index (χ0n) is 13.6. The molecule has 22 heavy (non-hydrogen) atoms. The van der Waals surface area contributed by atoms with E-state index in [-0.39, 0.29) is 0 Å². The fourth-order valence-electron chi connectivity index (χ4n) is 2.07. The highest BCUT2D eigenvalue weighted by Gasteiger charge is 1.99. The maximum absolute atomic E-state index is 5.12. The van der Waals surface area contributed by atoms with Gasteiger partial charge >= 0.3 is 0 Å². The first-order chi connectivity index (χ1) is 10.6. The second-order valence-electron chi connectivity index (χ2n) is 5.20. The summed E-state index contributed by atoms with van der Waals surface area (Å²) in [6, 6.07) is 14.3. The lowest BCUT2D eigenvalue weighted by molar-refractivity contribution is 0.638. The van der Waals surface area contributed by atoms with Gasteiger partial charge in [-0.15, -0.1) is 0 Å². The summed E-state index contributed by atoms with van der Waals surface area (Å²) in [5.74, 6) is 1.87. The molecule has 0 spiro atoms. The van der Waals surface area contributed by atoms with E-state index in [1.54, 1.807) is 0 Å². The van der Waals surface area contributed by atoms with Crippen LogP contribution in [0.3, 0.4) is 0 Å². The van der Waals surface area contributed by atoms with Crippen LogP contribution in [0.25, 0.3) is 0 Å². The van der Waals surface area contributed by atoms with Gasteiger partial charge < -0.3 is 9.05 Å². The van der Waals surface area contributed by atoms with Crippen molar-refractivity contribution in [2.75, 3.05) is 0 Å². The van der Waals surface area contributed by atoms with Gasteiger partial charge in [-0.2, -0.15) is 0 Å². The van der Waals surface area contributed by atoms with Gasteiger partial charge in [0.1, 0.15) is 11.5 Å². The van der Waals surface area contributed by atoms with Crippen LogP contribution in [-0.2, 0) is 6.42 Å². The third-order valence-corrected chi connectivity index (χ3v) is 3.91. The number of hydrogen-bond acceptors (Lipinski definition) is 2. The van der Waals surface area contributed by atoms with Crippen molar-refractivity contribution in [3.63, 3.8) is 0 Å². The van der Waals surface area contributed by atoms with E-state index in [1.807, 2.05) is 37.3 Å². The second kappa shape index (κ2) is 10.6. The van der Waals surface area contributed by atoms with Crippen LogP contribution in [-0.4, -0.2) is 0 Å². The van der Waals surface area contributed by atoms with Crippen LogP contribution < -0.4 is 9.05 Å². The fourth-order valence-corrected chi connectivity index (χ4v) is 2.60. The first-order valence-corrected chi connectivity index (χ1v) is 8.45. The van der Waals surface area contributed by atoms with Crippen LogP contribution in [0.2, 0.25) is 0 Å². The molecule has 0 aromatic heterocycles. The summed E-state index contributed by atoms with van der Waals surface area (Å²) in [5, 5.41) is 0. The number of para-hydroxylation sites is 1. The van der Waals surface area contributed by atoms with Crippen LogP contribution >= 0.6 is 18.9 Å². The molecule has 0 heterocycles. The number of unbranched alkanes of at least 4 members (excludes halogenated alkanes) is 1. The second-order valence-corrected chi connectivity index (χ2v) is 5.68. The maximum atomic E-state index is 5.12. The molecule has 2 aromatic rings. The lowest BCUT2D eigenvalue weighted by atomic mass is 10.1. The molecular weight excluding hydrogens is 310 g/mol. The van der Waals surface area contributed by atoms with Gasteiger partial charge in [0.15, 0.2) is 0 Å². The average Bonchev–Trinajstić information content (AvgIpc) is 2.54. The Labute approximate surface area is 139 Å². The van der Waals surface area contributed by atoms with Crippen molar-refractivity contribution in [1.82, 2.24) is 0 Å². The maximum Gasteiger partial charge on any atom is 0.125 e. The molecule has 0 saturated heterocycles. The molecule has 2 unspecified atom stereocenters. The van der Waals surface area contributed by atoms with Gasteiger partial charge in [0.25, 0.3) is 0 Å². The van der Waals surface area contributed by atoms with Crippen molar-refractivity contribution in [2.24, 2.45) is 0 Å². The van der Waals surface area contributed by atoms with E-state index in [9.17, 15) is 0 Å². The number of hydrogen-bond donors (Lipinski definition) is 0. The highest BCUT2D eigenvalue weighted by Crippen LogP contribution is 2.21. The number of aryl methyl sites for hydroxylation is 3. The fraction of sp³-hybridized carbons (Fsp3) is 0.333. The molecule has 0 N–H and O–H groups in total. The van der Waals surface area contributed by atoms with Crippen LogP contribution in [0.5, 0.6) is 11.5 Å². The summed E-state index contributed by atoms with van der Waals surface area (Å²) in [4.78, 5) is 0. The van der Waals surface area contributed by atoms with Gasteiger partial charge in [-0.3, -0.25) is 0 Å². The van der Waals surface area contributed by atoms with Crippen molar-refractivity contribution >= 4 is 18.9 Å². The Morgan fingerprint density at radius 3 is 2.00 bits per heavy atom. The largest absolute Gasteiger partial charge is 0.480 e. The summed E-state index contributed by atoms with van der Waals surface area (Å²) in [6.45, 7) is 6.31. The Kier molecular flexibility index (Phi) is 9.13. The standard InChI is InChI=1S/C11H17OP.C7H9OP/c1-3-4-5-10-6-7-11(12-13)9(2)8-10;1-6-4-2-3-5-7(6)8-9/h6-8H,3-5,13H2,1-2H3;2-5H,9H2,1H3. The zero-order valence-corrected chi connectivity index (χ0v) is 15.9. The van der Waals surface area contributed by atoms with E-state index in [0.717, 1.165) is 17.1 Å². The molecule has 2 aromatic carbocycles. The minimum Gasteiger partial charge on any atom is -0.480 e. The topological polar surface area (TPSA) is 18.5 Å². The summed E-state index contributed by atoms with van der Waals surface area (Å²) in [7, 11) is 4.51. The molecule has 0 amide bonds. The molecule has 0 saturated carbocycles. The van der Waals surface area contributed by atoms with Crippen molar-refractivity contribution in [2.45, 2.75) is 40.0 Å². The summed E-state index contributed by atoms with van der Waals surface area (Å²) < 4.78 is 10.1. The number of benzene rings is 2. The van der Waals surface area contributed by atoms with Gasteiger partial charge in [0.05, 0.1) is 18.9 Å². The zero-order chi connectivity index (χ0) is 16.4. The molecule has 2 nitrogen and oxygen atoms in total. The van der Waals surface area contributed by atoms with Crippen LogP contribution in [0, 0.1) is 13.8 Å². The van der Waals surface area contributed by atoms with E-state index in [1.165, 1.54) is 30.4 Å². The van der Waals surface area contributed by atoms with Crippen LogP contribution in [0.4, 0.5) is 0 Å². The molecule has 0 radical (unpaired) electrons. The predicted molar refractivity (Wildman–Crippen MR) is 102 cm³/mol. The molecule has 0 fully saturated rings. The minimum atomic E-state index is 0.919. The van der Waals surface area contributed by atoms with Crippen molar-refractivity contribution in [3.8, 4) is 11.5 Å². The molecule has 2 rings (SSSR count). The Balaban J connectivity index is 0.000000235. The molecule has 0 bridgehead atoms. The van der Waals surface area contributed by atoms with E-state index in [0.29, 0.717) is 0 Å². The lowest BCUT2D eigenvalue weighted by Crippen LogP contribution is -1.87. The van der Waals surface area contributed by atoms with Crippen molar-refractivity contribution in [3.05, 3.63) is 59.2 Å². The Morgan fingerprint density at radius 1 is 0.864 bits per heavy atom. The third-order valence-electron chi connectivity index (χ3n) is 3.41. The third kappa shape index (κ3) is 6.34. The molecule has 0 aliphatic carbocycles. The Hall–Kier alpha value is -1.10. The van der Waals surface area contributed by atoms with Gasteiger partial charge in [-0.05, 0) is 55.5 Å². The van der Waals surface area contributed by atoms with Gasteiger partial charge in [-0.25, -0.2) is 0 Å². The highest BCUT2D eigenvalue weighted by atomic mass is 31.0. The smallest absolute Gasteiger partial charge is 0.125 e. The monoisotopic (exact) mass is 336 g/mol. The molecule has 2 atom stereocenters. The first kappa shape index (κ1) is 18.9. The lowest BCUT2D eigenvalue weighted by Gasteiger charge is -2.06. The average molecular weight is 336 g/mol. The number of rotatable bonds is 5. The summed E-state index contributed by atoms with van der Waals surface area (Å²) >= 11 is 0. The Morgan fingerprint density at radius 2 is 1.50 bits per heavy atom. The molecule has 0 aliphatic rings. The van der Waals surface area contributed by atoms with Crippen LogP contribution in [0.15, 0.2) is 42.5 Å². The molecular formula is C18H26O2P2. The molecule has 4 heteroatoms. The van der Waals surface area contributed by atoms with Crippen molar-refractivity contribution in [1.29, 1.82) is 0 Å². The Bertz CT molecular complexity index is 571. The van der Waals surface area contributed by atoms with E-state index >= 15 is 0 Å². The summed E-state index contributed by atoms with van der Waals surface area (Å²) in [6.07, 6.45) is 3.69. The highest BCUT2D eigenvalue weighted by molar-refractivity contribution is 7.10. The quantitative estimate of drug-likeness (QED) is 0.655. The summed E-state index contributed by atoms with van der Waals surface area (Å²) in [5.41, 5.74) is 3.78.